The molecule has 0 spiro atoms. The molecule has 1 aromatic rings. The number of aliphatic hydroxyl groups is 1. The maximum absolute atomic E-state index is 9.50. The molecule has 1 aliphatic rings. The van der Waals surface area contributed by atoms with E-state index in [0.717, 1.165) is 12.1 Å². The molecule has 2 unspecified atom stereocenters. The van der Waals surface area contributed by atoms with Crippen LogP contribution in [0, 0.1) is 0 Å². The Labute approximate surface area is 108 Å². The smallest absolute Gasteiger partial charge is 0.0761 e. The lowest BCUT2D eigenvalue weighted by Crippen LogP contribution is -2.44. The van der Waals surface area contributed by atoms with Crippen LogP contribution in [0.3, 0.4) is 0 Å². The molecule has 0 radical (unpaired) electrons. The summed E-state index contributed by atoms with van der Waals surface area (Å²) in [7, 11) is 0. The molecule has 0 aliphatic carbocycles. The summed E-state index contributed by atoms with van der Waals surface area (Å²) in [5, 5.41) is 10.2. The first-order valence-electron chi connectivity index (χ1n) is 6.26. The Balaban J connectivity index is 2.16. The maximum Gasteiger partial charge on any atom is 0.0761 e. The molecule has 0 aromatic heterocycles. The Bertz CT molecular complexity index is 363. The van der Waals surface area contributed by atoms with Gasteiger partial charge in [0.2, 0.25) is 0 Å². The number of nitrogens with zero attached hydrogens (tertiary/aromatic N) is 1. The highest BCUT2D eigenvalue weighted by Gasteiger charge is 2.25. The fraction of sp³-hybridized carbons (Fsp3) is 0.571. The lowest BCUT2D eigenvalue weighted by Gasteiger charge is -2.39. The highest BCUT2D eigenvalue weighted by Crippen LogP contribution is 2.29. The van der Waals surface area contributed by atoms with Crippen molar-refractivity contribution < 1.29 is 5.11 Å². The van der Waals surface area contributed by atoms with E-state index in [1.807, 2.05) is 12.1 Å². The van der Waals surface area contributed by atoms with Gasteiger partial charge in [-0.2, -0.15) is 11.8 Å². The fourth-order valence-corrected chi connectivity index (χ4v) is 3.34. The predicted molar refractivity (Wildman–Crippen MR) is 75.8 cm³/mol. The molecule has 1 fully saturated rings. The Morgan fingerprint density at radius 1 is 1.29 bits per heavy atom. The van der Waals surface area contributed by atoms with Gasteiger partial charge in [-0.05, 0) is 31.5 Å². The topological polar surface area (TPSA) is 23.5 Å². The summed E-state index contributed by atoms with van der Waals surface area (Å²) in [5.41, 5.74) is 2.26. The number of aliphatic hydroxyl groups excluding tert-OH is 1. The number of hydrogen-bond acceptors (Lipinski definition) is 3. The van der Waals surface area contributed by atoms with E-state index in [2.05, 4.69) is 42.6 Å². The summed E-state index contributed by atoms with van der Waals surface area (Å²) < 4.78 is 0. The van der Waals surface area contributed by atoms with Gasteiger partial charge in [0, 0.05) is 29.3 Å². The van der Waals surface area contributed by atoms with E-state index in [-0.39, 0.29) is 6.10 Å². The van der Waals surface area contributed by atoms with Gasteiger partial charge in [0.25, 0.3) is 0 Å². The van der Waals surface area contributed by atoms with E-state index >= 15 is 0 Å². The van der Waals surface area contributed by atoms with Crippen LogP contribution < -0.4 is 4.90 Å². The van der Waals surface area contributed by atoms with E-state index in [1.165, 1.54) is 11.4 Å². The third-order valence-electron chi connectivity index (χ3n) is 3.59. The van der Waals surface area contributed by atoms with Crippen molar-refractivity contribution in [3.63, 3.8) is 0 Å². The van der Waals surface area contributed by atoms with E-state index in [0.29, 0.717) is 11.3 Å². The first-order valence-corrected chi connectivity index (χ1v) is 7.30. The predicted octanol–water partition coefficient (Wildman–Crippen LogP) is 3.07. The minimum atomic E-state index is -0.377. The van der Waals surface area contributed by atoms with Gasteiger partial charge < -0.3 is 10.0 Å². The van der Waals surface area contributed by atoms with Gasteiger partial charge in [-0.3, -0.25) is 0 Å². The molecular formula is C14H21NOS. The van der Waals surface area contributed by atoms with Crippen LogP contribution in [-0.4, -0.2) is 28.7 Å². The van der Waals surface area contributed by atoms with Crippen LogP contribution in [0.5, 0.6) is 0 Å². The van der Waals surface area contributed by atoms with Crippen LogP contribution in [0.15, 0.2) is 24.3 Å². The van der Waals surface area contributed by atoms with Gasteiger partial charge in [-0.15, -0.1) is 0 Å². The molecular weight excluding hydrogens is 230 g/mol. The van der Waals surface area contributed by atoms with Crippen LogP contribution in [0.2, 0.25) is 0 Å². The molecule has 0 amide bonds. The standard InChI is InChI=1S/C14H21NOS/c1-10-12(3)17-9-8-15(10)14-6-4-13(5-7-14)11(2)16/h4-7,10-12,16H,8-9H2,1-3H3/t10?,11-,12?/m1/s1. The molecule has 3 heteroatoms. The molecule has 1 saturated heterocycles. The number of thioether (sulfide) groups is 1. The molecule has 3 atom stereocenters. The van der Waals surface area contributed by atoms with Crippen molar-refractivity contribution in [1.82, 2.24) is 0 Å². The Morgan fingerprint density at radius 2 is 1.94 bits per heavy atom. The van der Waals surface area contributed by atoms with E-state index in [1.54, 1.807) is 6.92 Å². The van der Waals surface area contributed by atoms with Crippen molar-refractivity contribution in [3.8, 4) is 0 Å². The summed E-state index contributed by atoms with van der Waals surface area (Å²) in [6.45, 7) is 7.51. The zero-order chi connectivity index (χ0) is 12.4. The van der Waals surface area contributed by atoms with Gasteiger partial charge in [0.15, 0.2) is 0 Å². The Morgan fingerprint density at radius 3 is 2.53 bits per heavy atom. The fourth-order valence-electron chi connectivity index (χ4n) is 2.24. The van der Waals surface area contributed by atoms with Crippen LogP contribution >= 0.6 is 11.8 Å². The highest BCUT2D eigenvalue weighted by atomic mass is 32.2. The van der Waals surface area contributed by atoms with Crippen molar-refractivity contribution in [2.45, 2.75) is 38.2 Å². The minimum Gasteiger partial charge on any atom is -0.389 e. The zero-order valence-corrected chi connectivity index (χ0v) is 11.6. The molecule has 1 aromatic carbocycles. The number of anilines is 1. The van der Waals surface area contributed by atoms with Crippen molar-refractivity contribution in [3.05, 3.63) is 29.8 Å². The van der Waals surface area contributed by atoms with E-state index in [4.69, 9.17) is 0 Å². The second-order valence-corrected chi connectivity index (χ2v) is 6.26. The number of hydrogen-bond donors (Lipinski definition) is 1. The number of benzene rings is 1. The van der Waals surface area contributed by atoms with Crippen molar-refractivity contribution in [1.29, 1.82) is 0 Å². The molecule has 17 heavy (non-hydrogen) atoms. The summed E-state index contributed by atoms with van der Waals surface area (Å²) >= 11 is 2.05. The first kappa shape index (κ1) is 12.8. The molecule has 2 nitrogen and oxygen atoms in total. The van der Waals surface area contributed by atoms with E-state index < -0.39 is 0 Å². The SMILES string of the molecule is CC1SCCN(c2ccc([C@@H](C)O)cc2)C1C. The second kappa shape index (κ2) is 5.32. The Hall–Kier alpha value is -0.670. The van der Waals surface area contributed by atoms with Gasteiger partial charge >= 0.3 is 0 Å². The molecule has 0 bridgehead atoms. The minimum absolute atomic E-state index is 0.377. The third kappa shape index (κ3) is 2.78. The van der Waals surface area contributed by atoms with Gasteiger partial charge in [-0.1, -0.05) is 19.1 Å². The molecule has 1 aliphatic heterocycles. The van der Waals surface area contributed by atoms with Crippen molar-refractivity contribution in [2.24, 2.45) is 0 Å². The van der Waals surface area contributed by atoms with Crippen LogP contribution in [0.4, 0.5) is 5.69 Å². The first-order chi connectivity index (χ1) is 8.09. The van der Waals surface area contributed by atoms with Crippen molar-refractivity contribution >= 4 is 17.4 Å². The summed E-state index contributed by atoms with van der Waals surface area (Å²) in [6, 6.07) is 8.88. The lowest BCUT2D eigenvalue weighted by molar-refractivity contribution is 0.199. The number of rotatable bonds is 2. The largest absolute Gasteiger partial charge is 0.389 e. The normalized spacial score (nSPS) is 26.9. The lowest BCUT2D eigenvalue weighted by atomic mass is 10.1. The zero-order valence-electron chi connectivity index (χ0n) is 10.8. The quantitative estimate of drug-likeness (QED) is 0.874. The monoisotopic (exact) mass is 251 g/mol. The Kier molecular flexibility index (Phi) is 4.00. The average Bonchev–Trinajstić information content (AvgIpc) is 2.33. The summed E-state index contributed by atoms with van der Waals surface area (Å²) in [6.07, 6.45) is -0.377. The molecule has 2 rings (SSSR count). The molecule has 1 heterocycles. The summed E-state index contributed by atoms with van der Waals surface area (Å²) in [5.74, 6) is 1.20. The third-order valence-corrected chi connectivity index (χ3v) is 4.93. The molecule has 1 N–H and O–H groups in total. The van der Waals surface area contributed by atoms with Crippen LogP contribution in [-0.2, 0) is 0 Å². The van der Waals surface area contributed by atoms with Gasteiger partial charge in [0.05, 0.1) is 6.10 Å². The summed E-state index contributed by atoms with van der Waals surface area (Å²) in [4.78, 5) is 2.47. The highest BCUT2D eigenvalue weighted by molar-refractivity contribution is 8.00. The average molecular weight is 251 g/mol. The van der Waals surface area contributed by atoms with Gasteiger partial charge in [0.1, 0.15) is 0 Å². The van der Waals surface area contributed by atoms with Crippen LogP contribution in [0.1, 0.15) is 32.4 Å². The van der Waals surface area contributed by atoms with E-state index in [9.17, 15) is 5.11 Å². The second-order valence-electron chi connectivity index (χ2n) is 4.78. The molecule has 94 valence electrons. The van der Waals surface area contributed by atoms with Gasteiger partial charge in [-0.25, -0.2) is 0 Å². The maximum atomic E-state index is 9.50. The van der Waals surface area contributed by atoms with Crippen LogP contribution in [0.25, 0.3) is 0 Å². The molecule has 0 saturated carbocycles. The van der Waals surface area contributed by atoms with Crippen molar-refractivity contribution in [2.75, 3.05) is 17.2 Å².